The molecule has 1 saturated heterocycles. The third-order valence-corrected chi connectivity index (χ3v) is 15.5. The van der Waals surface area contributed by atoms with Gasteiger partial charge in [-0.3, -0.25) is 33.7 Å². The molecule has 4 amide bonds. The van der Waals surface area contributed by atoms with Crippen LogP contribution in [0.1, 0.15) is 82.8 Å². The highest BCUT2D eigenvalue weighted by molar-refractivity contribution is 6.13. The van der Waals surface area contributed by atoms with E-state index < -0.39 is 101 Å². The minimum absolute atomic E-state index is 0.0681. The number of fused-ring (bicyclic) bond motifs is 7. The molecule has 12 atom stereocenters. The number of hydrogen-bond acceptors (Lipinski definition) is 10. The Morgan fingerprint density at radius 3 is 2.38 bits per heavy atom. The summed E-state index contributed by atoms with van der Waals surface area (Å²) in [6.07, 6.45) is 2.23. The van der Waals surface area contributed by atoms with Gasteiger partial charge in [0.1, 0.15) is 24.6 Å². The number of allylic oxidation sites excluding steroid dienone is 5. The number of aliphatic hydroxyl groups is 2. The highest BCUT2D eigenvalue weighted by Crippen LogP contribution is 2.72. The van der Waals surface area contributed by atoms with Crippen LogP contribution >= 0.6 is 0 Å². The molecule has 0 unspecified atom stereocenters. The van der Waals surface area contributed by atoms with E-state index in [2.05, 4.69) is 11.9 Å². The Labute approximate surface area is 382 Å². The number of hydrogen-bond donors (Lipinski definition) is 3. The van der Waals surface area contributed by atoms with Crippen LogP contribution in [-0.2, 0) is 44.7 Å². The number of benzene rings is 2. The Balaban J connectivity index is 0.900. The Morgan fingerprint density at radius 1 is 1.00 bits per heavy atom. The fourth-order valence-corrected chi connectivity index (χ4v) is 11.9. The van der Waals surface area contributed by atoms with Gasteiger partial charge in [-0.05, 0) is 79.9 Å². The second-order valence-corrected chi connectivity index (χ2v) is 19.4. The molecule has 0 aromatic heterocycles. The Kier molecular flexibility index (Phi) is 12.3. The van der Waals surface area contributed by atoms with Crippen molar-refractivity contribution in [3.63, 3.8) is 0 Å². The molecular weight excluding hydrogens is 853 g/mol. The lowest BCUT2D eigenvalue weighted by Crippen LogP contribution is -2.70. The molecular formula is C51H57F2N3O10. The van der Waals surface area contributed by atoms with Crippen LogP contribution in [0.25, 0.3) is 0 Å². The maximum Gasteiger partial charge on any atom is 0.253 e. The van der Waals surface area contributed by atoms with Crippen molar-refractivity contribution >= 4 is 40.9 Å². The molecule has 2 aliphatic heterocycles. The third-order valence-electron chi connectivity index (χ3n) is 15.5. The van der Waals surface area contributed by atoms with Crippen LogP contribution in [0.4, 0.5) is 14.5 Å². The predicted molar refractivity (Wildman–Crippen MR) is 238 cm³/mol. The SMILES string of the molecule is C=C1C=C[C@@]2(C)C(=C1)[C@@H](F)C[C@H]1[C@@H]3C[C@H]4O[C@@H](c5ccc(Cc6cccc(N(C)C(=O)[C@H](C)NC(=O)[C@H](C)CC(=O)CCN7C(=O)C=CC7=O)c6)cc5)O[C@@]4(C(=O)CO)[C@@]3(C)C[C@H](O)[C@@]12F. The van der Waals surface area contributed by atoms with Crippen molar-refractivity contribution in [2.75, 3.05) is 25.1 Å². The summed E-state index contributed by atoms with van der Waals surface area (Å²) >= 11 is 0. The first-order chi connectivity index (χ1) is 31.2. The molecule has 13 nitrogen and oxygen atoms in total. The highest BCUT2D eigenvalue weighted by Gasteiger charge is 2.80. The standard InChI is InChI=1S/C51H57F2N3O10/c1-28-16-18-48(4)38(20-28)39(52)24-37-36-25-42-51(41(60)27-57,49(36,5)26-40(59)50(37,48)53)66-47(65-42)33-12-10-31(11-13-33)22-32-8-7-9-34(23-32)55(6)46(64)30(3)54-45(63)29(2)21-35(58)17-19-56-43(61)14-15-44(56)62/h7-16,18,20,23,29-30,36-37,39-40,42,47,57,59H,1,17,19,21-22,24-27H2,2-6H3,(H,54,63)/t29-,30+,36+,37+,39+,40+,42-,47-,48+,49+,50+,51-/m1/s1. The minimum atomic E-state index is -2.24. The second kappa shape index (κ2) is 17.3. The monoisotopic (exact) mass is 909 g/mol. The lowest BCUT2D eigenvalue weighted by Gasteiger charge is -2.63. The minimum Gasteiger partial charge on any atom is -0.390 e. The van der Waals surface area contributed by atoms with Crippen LogP contribution in [0.3, 0.4) is 0 Å². The zero-order chi connectivity index (χ0) is 47.7. The van der Waals surface area contributed by atoms with Gasteiger partial charge in [0.15, 0.2) is 23.3 Å². The Bertz CT molecular complexity index is 2450. The maximum atomic E-state index is 17.8. The molecule has 0 radical (unpaired) electrons. The van der Waals surface area contributed by atoms with Crippen molar-refractivity contribution in [1.82, 2.24) is 10.2 Å². The van der Waals surface area contributed by atoms with E-state index in [1.807, 2.05) is 42.5 Å². The lowest BCUT2D eigenvalue weighted by molar-refractivity contribution is -0.235. The highest BCUT2D eigenvalue weighted by atomic mass is 19.1. The number of anilines is 1. The van der Waals surface area contributed by atoms with Crippen LogP contribution in [0.5, 0.6) is 0 Å². The van der Waals surface area contributed by atoms with Crippen LogP contribution in [0, 0.1) is 28.6 Å². The van der Waals surface area contributed by atoms with E-state index in [1.54, 1.807) is 59.0 Å². The molecule has 4 fully saturated rings. The summed E-state index contributed by atoms with van der Waals surface area (Å²) < 4.78 is 47.1. The zero-order valence-electron chi connectivity index (χ0n) is 37.8. The molecule has 2 aromatic rings. The van der Waals surface area contributed by atoms with Gasteiger partial charge < -0.3 is 29.9 Å². The summed E-state index contributed by atoms with van der Waals surface area (Å²) in [6.45, 7) is 9.51. The fraction of sp³-hybridized carbons (Fsp3) is 0.490. The van der Waals surface area contributed by atoms with Crippen LogP contribution < -0.4 is 10.2 Å². The van der Waals surface area contributed by atoms with Gasteiger partial charge >= 0.3 is 0 Å². The number of alkyl halides is 2. The summed E-state index contributed by atoms with van der Waals surface area (Å²) in [5.41, 5.74) is -2.82. The summed E-state index contributed by atoms with van der Waals surface area (Å²) in [4.78, 5) is 78.9. The van der Waals surface area contributed by atoms with Gasteiger partial charge in [-0.25, -0.2) is 8.78 Å². The van der Waals surface area contributed by atoms with E-state index in [1.165, 1.54) is 4.90 Å². The molecule has 0 bridgehead atoms. The van der Waals surface area contributed by atoms with Gasteiger partial charge in [0, 0.05) is 72.5 Å². The average molecular weight is 910 g/mol. The number of ether oxygens (including phenoxy) is 2. The predicted octanol–water partition coefficient (Wildman–Crippen LogP) is 5.29. The lowest BCUT2D eigenvalue weighted by atomic mass is 9.44. The molecule has 4 aliphatic carbocycles. The number of ketones is 2. The van der Waals surface area contributed by atoms with Crippen LogP contribution in [-0.4, -0.2) is 106 Å². The quantitative estimate of drug-likeness (QED) is 0.211. The number of halogens is 2. The Morgan fingerprint density at radius 2 is 1.70 bits per heavy atom. The van der Waals surface area contributed by atoms with Crippen molar-refractivity contribution in [1.29, 1.82) is 0 Å². The normalized spacial score (nSPS) is 33.9. The van der Waals surface area contributed by atoms with E-state index in [-0.39, 0.29) is 55.9 Å². The van der Waals surface area contributed by atoms with E-state index in [9.17, 15) is 39.0 Å². The van der Waals surface area contributed by atoms with Crippen molar-refractivity contribution < 1.29 is 57.2 Å². The van der Waals surface area contributed by atoms with Gasteiger partial charge in [0.2, 0.25) is 11.8 Å². The zero-order valence-corrected chi connectivity index (χ0v) is 37.8. The van der Waals surface area contributed by atoms with Crippen LogP contribution in [0.2, 0.25) is 0 Å². The van der Waals surface area contributed by atoms with Crippen LogP contribution in [0.15, 0.2) is 96.6 Å². The number of Topliss-reactive ketones (excluding diaryl/α,β-unsaturated/α-hetero) is 2. The number of nitrogens with zero attached hydrogens (tertiary/aromatic N) is 2. The molecule has 8 rings (SSSR count). The molecule has 6 aliphatic rings. The number of carbonyl (C=O) groups is 6. The molecule has 66 heavy (non-hydrogen) atoms. The van der Waals surface area contributed by atoms with E-state index in [4.69, 9.17) is 9.47 Å². The van der Waals surface area contributed by atoms with E-state index in [0.29, 0.717) is 23.2 Å². The first-order valence-electron chi connectivity index (χ1n) is 22.6. The van der Waals surface area contributed by atoms with Gasteiger partial charge in [-0.2, -0.15) is 0 Å². The average Bonchev–Trinajstić information content (AvgIpc) is 3.91. The van der Waals surface area contributed by atoms with Crippen molar-refractivity contribution in [2.24, 2.45) is 28.6 Å². The summed E-state index contributed by atoms with van der Waals surface area (Å²) in [5, 5.41) is 24.9. The number of imide groups is 1. The van der Waals surface area contributed by atoms with Crippen molar-refractivity contribution in [2.45, 2.75) is 108 Å². The number of rotatable bonds is 14. The molecule has 15 heteroatoms. The van der Waals surface area contributed by atoms with E-state index >= 15 is 8.78 Å². The summed E-state index contributed by atoms with van der Waals surface area (Å²) in [6, 6.07) is 13.9. The molecule has 0 spiro atoms. The van der Waals surface area contributed by atoms with E-state index in [0.717, 1.165) is 28.2 Å². The number of likely N-dealkylation sites (N-methyl/N-ethyl adjacent to an activating group) is 1. The van der Waals surface area contributed by atoms with Gasteiger partial charge in [-0.1, -0.05) is 75.1 Å². The Hall–Kier alpha value is -5.48. The topological polar surface area (TPSA) is 180 Å². The molecule has 2 aromatic carbocycles. The molecule has 3 N–H and O–H groups in total. The van der Waals surface area contributed by atoms with Crippen molar-refractivity contribution in [3.8, 4) is 0 Å². The summed E-state index contributed by atoms with van der Waals surface area (Å²) in [7, 11) is 1.60. The smallest absolute Gasteiger partial charge is 0.253 e. The number of aliphatic hydroxyl groups excluding tert-OH is 2. The molecule has 350 valence electrons. The number of amides is 4. The fourth-order valence-electron chi connectivity index (χ4n) is 11.9. The molecule has 3 saturated carbocycles. The number of nitrogens with one attached hydrogen (secondary N) is 1. The third kappa shape index (κ3) is 7.51. The van der Waals surface area contributed by atoms with Gasteiger partial charge in [0.25, 0.3) is 11.8 Å². The van der Waals surface area contributed by atoms with Crippen molar-refractivity contribution in [3.05, 3.63) is 113 Å². The first kappa shape index (κ1) is 47.0. The molecule has 2 heterocycles. The second-order valence-electron chi connectivity index (χ2n) is 19.4. The van der Waals surface area contributed by atoms with Gasteiger partial charge in [-0.15, -0.1) is 0 Å². The summed E-state index contributed by atoms with van der Waals surface area (Å²) in [5.74, 6) is -5.10. The first-order valence-corrected chi connectivity index (χ1v) is 22.6. The number of carbonyl (C=O) groups excluding carboxylic acids is 6. The van der Waals surface area contributed by atoms with Gasteiger partial charge in [0.05, 0.1) is 12.2 Å². The maximum absolute atomic E-state index is 17.8. The largest absolute Gasteiger partial charge is 0.390 e.